The summed E-state index contributed by atoms with van der Waals surface area (Å²) in [6.07, 6.45) is 0.480. The van der Waals surface area contributed by atoms with E-state index < -0.39 is 11.6 Å². The van der Waals surface area contributed by atoms with E-state index in [0.29, 0.717) is 24.3 Å². The molecule has 0 atom stereocenters. The summed E-state index contributed by atoms with van der Waals surface area (Å²) in [6, 6.07) is 12.3. The van der Waals surface area contributed by atoms with Gasteiger partial charge in [0, 0.05) is 6.42 Å². The molecule has 21 heavy (non-hydrogen) atoms. The minimum absolute atomic E-state index is 0.147. The van der Waals surface area contributed by atoms with E-state index in [4.69, 9.17) is 14.7 Å². The van der Waals surface area contributed by atoms with Crippen molar-refractivity contribution < 1.29 is 18.3 Å². The van der Waals surface area contributed by atoms with Crippen LogP contribution >= 0.6 is 0 Å². The molecule has 108 valence electrons. The van der Waals surface area contributed by atoms with Crippen molar-refractivity contribution in [1.82, 2.24) is 0 Å². The van der Waals surface area contributed by atoms with Crippen molar-refractivity contribution in [2.24, 2.45) is 0 Å². The Labute approximate surface area is 121 Å². The molecular weight excluding hydrogens is 276 g/mol. The van der Waals surface area contributed by atoms with Crippen LogP contribution in [0.4, 0.5) is 8.78 Å². The number of benzene rings is 2. The Balaban J connectivity index is 1.74. The second-order valence-electron chi connectivity index (χ2n) is 4.24. The van der Waals surface area contributed by atoms with Gasteiger partial charge in [-0.25, -0.2) is 8.78 Å². The third kappa shape index (κ3) is 4.18. The van der Waals surface area contributed by atoms with Gasteiger partial charge in [0.15, 0.2) is 17.4 Å². The number of halogens is 2. The Morgan fingerprint density at radius 2 is 1.52 bits per heavy atom. The normalized spacial score (nSPS) is 9.95. The molecule has 0 radical (unpaired) electrons. The molecule has 5 heteroatoms. The van der Waals surface area contributed by atoms with Crippen molar-refractivity contribution in [2.75, 3.05) is 13.2 Å². The molecule has 0 aliphatic rings. The largest absolute Gasteiger partial charge is 0.493 e. The molecule has 0 heterocycles. The Kier molecular flexibility index (Phi) is 5.10. The molecule has 0 amide bonds. The maximum Gasteiger partial charge on any atom is 0.190 e. The van der Waals surface area contributed by atoms with Gasteiger partial charge in [-0.15, -0.1) is 0 Å². The van der Waals surface area contributed by atoms with Gasteiger partial charge in [-0.2, -0.15) is 5.26 Å². The summed E-state index contributed by atoms with van der Waals surface area (Å²) in [5.41, 5.74) is 0.556. The van der Waals surface area contributed by atoms with E-state index in [9.17, 15) is 8.78 Å². The highest BCUT2D eigenvalue weighted by molar-refractivity contribution is 5.34. The van der Waals surface area contributed by atoms with Crippen molar-refractivity contribution in [1.29, 1.82) is 5.26 Å². The summed E-state index contributed by atoms with van der Waals surface area (Å²) < 4.78 is 37.0. The van der Waals surface area contributed by atoms with E-state index in [1.165, 1.54) is 6.07 Å². The van der Waals surface area contributed by atoms with Crippen LogP contribution in [-0.4, -0.2) is 13.2 Å². The highest BCUT2D eigenvalue weighted by Crippen LogP contribution is 2.20. The van der Waals surface area contributed by atoms with Crippen molar-refractivity contribution >= 4 is 0 Å². The van der Waals surface area contributed by atoms with Gasteiger partial charge in [-0.1, -0.05) is 6.07 Å². The number of nitrogens with zero attached hydrogens (tertiary/aromatic N) is 1. The molecule has 0 unspecified atom stereocenters. The predicted molar refractivity (Wildman–Crippen MR) is 73.1 cm³/mol. The van der Waals surface area contributed by atoms with Gasteiger partial charge in [-0.05, 0) is 36.4 Å². The van der Waals surface area contributed by atoms with E-state index in [2.05, 4.69) is 0 Å². The number of para-hydroxylation sites is 1. The average molecular weight is 289 g/mol. The van der Waals surface area contributed by atoms with Crippen LogP contribution in [0.3, 0.4) is 0 Å². The van der Waals surface area contributed by atoms with Gasteiger partial charge >= 0.3 is 0 Å². The van der Waals surface area contributed by atoms with Crippen LogP contribution < -0.4 is 9.47 Å². The maximum atomic E-state index is 13.3. The second kappa shape index (κ2) is 7.25. The van der Waals surface area contributed by atoms with Crippen molar-refractivity contribution in [3.05, 3.63) is 59.7 Å². The Bertz CT molecular complexity index is 615. The minimum Gasteiger partial charge on any atom is -0.493 e. The van der Waals surface area contributed by atoms with E-state index in [1.807, 2.05) is 6.07 Å². The molecular formula is C16H13F2NO2. The van der Waals surface area contributed by atoms with Gasteiger partial charge in [0.25, 0.3) is 0 Å². The van der Waals surface area contributed by atoms with Crippen LogP contribution in [0.5, 0.6) is 11.5 Å². The lowest BCUT2D eigenvalue weighted by Gasteiger charge is -2.09. The van der Waals surface area contributed by atoms with Gasteiger partial charge in [0.2, 0.25) is 0 Å². The molecule has 2 rings (SSSR count). The molecule has 0 saturated heterocycles. The predicted octanol–water partition coefficient (Wildman–Crippen LogP) is 3.68. The molecule has 0 aliphatic heterocycles. The van der Waals surface area contributed by atoms with Crippen LogP contribution in [0.1, 0.15) is 12.0 Å². The smallest absolute Gasteiger partial charge is 0.190 e. The average Bonchev–Trinajstić information content (AvgIpc) is 2.50. The van der Waals surface area contributed by atoms with Crippen molar-refractivity contribution in [2.45, 2.75) is 6.42 Å². The number of ether oxygens (including phenoxy) is 2. The fourth-order valence-electron chi connectivity index (χ4n) is 1.67. The summed E-state index contributed by atoms with van der Waals surface area (Å²) in [5, 5.41) is 8.66. The Morgan fingerprint density at radius 1 is 0.905 bits per heavy atom. The molecule has 0 saturated carbocycles. The van der Waals surface area contributed by atoms with E-state index in [1.54, 1.807) is 24.3 Å². The van der Waals surface area contributed by atoms with Crippen LogP contribution in [0.15, 0.2) is 42.5 Å². The molecule has 0 aliphatic carbocycles. The molecule has 0 fully saturated rings. The first-order valence-corrected chi connectivity index (χ1v) is 6.40. The van der Waals surface area contributed by atoms with Crippen LogP contribution in [-0.2, 0) is 0 Å². The van der Waals surface area contributed by atoms with E-state index in [0.717, 1.165) is 12.1 Å². The lowest BCUT2D eigenvalue weighted by atomic mass is 10.2. The fraction of sp³-hybridized carbons (Fsp3) is 0.188. The second-order valence-corrected chi connectivity index (χ2v) is 4.24. The minimum atomic E-state index is -0.719. The zero-order chi connectivity index (χ0) is 15.1. The quantitative estimate of drug-likeness (QED) is 0.762. The van der Waals surface area contributed by atoms with Crippen molar-refractivity contribution in [3.63, 3.8) is 0 Å². The first-order chi connectivity index (χ1) is 10.2. The standard InChI is InChI=1S/C16H13F2NO2/c17-14-3-1-4-15(18)16(14)21-10-2-9-20-13-7-5-12(11-19)6-8-13/h1,3-8H,2,9-10H2. The summed E-state index contributed by atoms with van der Waals surface area (Å²) in [5.74, 6) is -1.17. The lowest BCUT2D eigenvalue weighted by Crippen LogP contribution is -2.06. The molecule has 2 aromatic carbocycles. The van der Waals surface area contributed by atoms with Gasteiger partial charge in [0.05, 0.1) is 24.8 Å². The van der Waals surface area contributed by atoms with Crippen LogP contribution in [0, 0.1) is 23.0 Å². The molecule has 3 nitrogen and oxygen atoms in total. The third-order valence-corrected chi connectivity index (χ3v) is 2.71. The first kappa shape index (κ1) is 14.8. The number of hydrogen-bond donors (Lipinski definition) is 0. The monoisotopic (exact) mass is 289 g/mol. The van der Waals surface area contributed by atoms with E-state index in [-0.39, 0.29) is 12.4 Å². The highest BCUT2D eigenvalue weighted by Gasteiger charge is 2.08. The SMILES string of the molecule is N#Cc1ccc(OCCCOc2c(F)cccc2F)cc1. The number of nitriles is 1. The zero-order valence-corrected chi connectivity index (χ0v) is 11.2. The molecule has 0 bridgehead atoms. The van der Waals surface area contributed by atoms with E-state index >= 15 is 0 Å². The third-order valence-electron chi connectivity index (χ3n) is 2.71. The van der Waals surface area contributed by atoms with Crippen LogP contribution in [0.25, 0.3) is 0 Å². The maximum absolute atomic E-state index is 13.3. The molecule has 0 spiro atoms. The highest BCUT2D eigenvalue weighted by atomic mass is 19.1. The summed E-state index contributed by atoms with van der Waals surface area (Å²) >= 11 is 0. The zero-order valence-electron chi connectivity index (χ0n) is 11.2. The molecule has 0 N–H and O–H groups in total. The molecule has 0 aromatic heterocycles. The fourth-order valence-corrected chi connectivity index (χ4v) is 1.67. The number of rotatable bonds is 6. The van der Waals surface area contributed by atoms with Crippen molar-refractivity contribution in [3.8, 4) is 17.6 Å². The lowest BCUT2D eigenvalue weighted by molar-refractivity contribution is 0.234. The number of hydrogen-bond acceptors (Lipinski definition) is 3. The topological polar surface area (TPSA) is 42.2 Å². The van der Waals surface area contributed by atoms with Gasteiger partial charge < -0.3 is 9.47 Å². The Hall–Kier alpha value is -2.61. The summed E-state index contributed by atoms with van der Waals surface area (Å²) in [7, 11) is 0. The van der Waals surface area contributed by atoms with Crippen LogP contribution in [0.2, 0.25) is 0 Å². The van der Waals surface area contributed by atoms with Gasteiger partial charge in [-0.3, -0.25) is 0 Å². The first-order valence-electron chi connectivity index (χ1n) is 6.40. The van der Waals surface area contributed by atoms with Gasteiger partial charge in [0.1, 0.15) is 5.75 Å². The Morgan fingerprint density at radius 3 is 2.14 bits per heavy atom. The summed E-state index contributed by atoms with van der Waals surface area (Å²) in [6.45, 7) is 0.496. The summed E-state index contributed by atoms with van der Waals surface area (Å²) in [4.78, 5) is 0. The molecule has 2 aromatic rings.